The van der Waals surface area contributed by atoms with Crippen LogP contribution in [0, 0.1) is 12.0 Å². The molecule has 0 aliphatic heterocycles. The summed E-state index contributed by atoms with van der Waals surface area (Å²) in [4.78, 5) is 3.57. The van der Waals surface area contributed by atoms with Crippen molar-refractivity contribution in [1.29, 1.82) is 0 Å². The third-order valence-electron chi connectivity index (χ3n) is 1.77. The molecule has 0 amide bonds. The van der Waals surface area contributed by atoms with Gasteiger partial charge in [0.15, 0.2) is 0 Å². The number of aromatic nitrogens is 1. The Hall–Kier alpha value is -1.70. The number of hydrogen-bond acceptors (Lipinski definition) is 1. The largest absolute Gasteiger partial charge is 0.228 e. The molecule has 63 valence electrons. The van der Waals surface area contributed by atoms with E-state index in [0.717, 1.165) is 11.1 Å². The average Bonchev–Trinajstić information content (AvgIpc) is 2.20. The summed E-state index contributed by atoms with van der Waals surface area (Å²) in [5, 5.41) is 0. The third-order valence-corrected chi connectivity index (χ3v) is 1.77. The van der Waals surface area contributed by atoms with Crippen LogP contribution in [0.4, 0.5) is 4.39 Å². The molecule has 1 nitrogen and oxygen atoms in total. The topological polar surface area (TPSA) is 12.9 Å². The Morgan fingerprint density at radius 1 is 1.15 bits per heavy atom. The minimum atomic E-state index is -0.455. The van der Waals surface area contributed by atoms with Crippen LogP contribution in [0.25, 0.3) is 11.1 Å². The highest BCUT2D eigenvalue weighted by Crippen LogP contribution is 2.16. The first kappa shape index (κ1) is 7.92. The maximum atomic E-state index is 12.5. The standard InChI is InChI=1S/C11H7FN/c12-11-7-6-10(8-13-11)9-4-2-1-3-5-9/h1-2,4-8H. The molecule has 0 saturated carbocycles. The monoisotopic (exact) mass is 172 g/mol. The molecule has 0 spiro atoms. The second kappa shape index (κ2) is 3.35. The molecule has 1 heterocycles. The van der Waals surface area contributed by atoms with Crippen LogP contribution >= 0.6 is 0 Å². The van der Waals surface area contributed by atoms with Crippen LogP contribution in [0.1, 0.15) is 0 Å². The van der Waals surface area contributed by atoms with Gasteiger partial charge < -0.3 is 0 Å². The molecule has 0 aliphatic rings. The predicted molar refractivity (Wildman–Crippen MR) is 48.5 cm³/mol. The highest BCUT2D eigenvalue weighted by molar-refractivity contribution is 5.61. The minimum absolute atomic E-state index is 0.455. The first-order valence-electron chi connectivity index (χ1n) is 3.94. The number of hydrogen-bond donors (Lipinski definition) is 0. The lowest BCUT2D eigenvalue weighted by Gasteiger charge is -1.98. The van der Waals surface area contributed by atoms with E-state index in [-0.39, 0.29) is 0 Å². The Morgan fingerprint density at radius 3 is 2.69 bits per heavy atom. The second-order valence-corrected chi connectivity index (χ2v) is 2.66. The zero-order valence-corrected chi connectivity index (χ0v) is 6.87. The summed E-state index contributed by atoms with van der Waals surface area (Å²) in [6, 6.07) is 13.5. The Labute approximate surface area is 75.9 Å². The minimum Gasteiger partial charge on any atom is -0.228 e. The van der Waals surface area contributed by atoms with Crippen molar-refractivity contribution in [2.45, 2.75) is 0 Å². The zero-order valence-electron chi connectivity index (χ0n) is 6.87. The number of halogens is 1. The van der Waals surface area contributed by atoms with Gasteiger partial charge in [-0.2, -0.15) is 4.39 Å². The van der Waals surface area contributed by atoms with E-state index in [2.05, 4.69) is 11.1 Å². The number of benzene rings is 1. The number of rotatable bonds is 1. The maximum Gasteiger partial charge on any atom is 0.212 e. The molecule has 0 fully saturated rings. The molecule has 2 heteroatoms. The maximum absolute atomic E-state index is 12.5. The SMILES string of the molecule is Fc1ccc(-c2c[c]ccc2)cn1. The van der Waals surface area contributed by atoms with E-state index in [1.807, 2.05) is 24.3 Å². The van der Waals surface area contributed by atoms with Crippen LogP contribution in [-0.4, -0.2) is 4.98 Å². The van der Waals surface area contributed by atoms with Gasteiger partial charge in [-0.05, 0) is 29.8 Å². The Balaban J connectivity index is 2.42. The van der Waals surface area contributed by atoms with E-state index in [1.54, 1.807) is 6.07 Å². The molecular weight excluding hydrogens is 165 g/mol. The molecule has 0 bridgehead atoms. The lowest BCUT2D eigenvalue weighted by Crippen LogP contribution is -1.82. The fourth-order valence-electron chi connectivity index (χ4n) is 1.12. The number of nitrogens with zero attached hydrogens (tertiary/aromatic N) is 1. The van der Waals surface area contributed by atoms with Gasteiger partial charge in [0, 0.05) is 11.8 Å². The predicted octanol–water partition coefficient (Wildman–Crippen LogP) is 2.69. The molecule has 1 radical (unpaired) electrons. The first-order chi connectivity index (χ1) is 6.36. The highest BCUT2D eigenvalue weighted by atomic mass is 19.1. The van der Waals surface area contributed by atoms with Crippen LogP contribution < -0.4 is 0 Å². The van der Waals surface area contributed by atoms with E-state index in [1.165, 1.54) is 12.3 Å². The van der Waals surface area contributed by atoms with Gasteiger partial charge in [0.1, 0.15) is 0 Å². The molecule has 0 unspecified atom stereocenters. The normalized spacial score (nSPS) is 9.92. The van der Waals surface area contributed by atoms with Crippen LogP contribution in [0.5, 0.6) is 0 Å². The van der Waals surface area contributed by atoms with Gasteiger partial charge in [-0.1, -0.05) is 18.2 Å². The van der Waals surface area contributed by atoms with E-state index >= 15 is 0 Å². The van der Waals surface area contributed by atoms with Crippen molar-refractivity contribution in [3.05, 3.63) is 54.6 Å². The zero-order chi connectivity index (χ0) is 9.10. The third kappa shape index (κ3) is 1.72. The molecule has 1 aromatic heterocycles. The molecule has 0 N–H and O–H groups in total. The Morgan fingerprint density at radius 2 is 2.08 bits per heavy atom. The van der Waals surface area contributed by atoms with Gasteiger partial charge in [-0.25, -0.2) is 4.98 Å². The second-order valence-electron chi connectivity index (χ2n) is 2.66. The van der Waals surface area contributed by atoms with Crippen LogP contribution in [0.2, 0.25) is 0 Å². The molecule has 2 rings (SSSR count). The quantitative estimate of drug-likeness (QED) is 0.602. The van der Waals surface area contributed by atoms with Gasteiger partial charge in [0.25, 0.3) is 0 Å². The summed E-state index contributed by atoms with van der Waals surface area (Å²) < 4.78 is 12.5. The van der Waals surface area contributed by atoms with Crippen molar-refractivity contribution in [1.82, 2.24) is 4.98 Å². The molecule has 2 aromatic rings. The van der Waals surface area contributed by atoms with Crippen LogP contribution in [-0.2, 0) is 0 Å². The van der Waals surface area contributed by atoms with Crippen LogP contribution in [0.15, 0.2) is 42.6 Å². The summed E-state index contributed by atoms with van der Waals surface area (Å²) in [5.74, 6) is -0.455. The Kier molecular flexibility index (Phi) is 2.04. The Bertz CT molecular complexity index is 381. The van der Waals surface area contributed by atoms with Crippen molar-refractivity contribution in [3.63, 3.8) is 0 Å². The number of pyridine rings is 1. The fourth-order valence-corrected chi connectivity index (χ4v) is 1.12. The molecule has 13 heavy (non-hydrogen) atoms. The molecule has 0 saturated heterocycles. The molecule has 1 aromatic carbocycles. The lowest BCUT2D eigenvalue weighted by atomic mass is 10.1. The first-order valence-corrected chi connectivity index (χ1v) is 3.94. The van der Waals surface area contributed by atoms with E-state index in [4.69, 9.17) is 0 Å². The van der Waals surface area contributed by atoms with Gasteiger partial charge in [0.2, 0.25) is 5.95 Å². The molecule has 0 aliphatic carbocycles. The van der Waals surface area contributed by atoms with Crippen molar-refractivity contribution in [2.24, 2.45) is 0 Å². The highest BCUT2D eigenvalue weighted by Gasteiger charge is 1.96. The summed E-state index contributed by atoms with van der Waals surface area (Å²) in [6.07, 6.45) is 1.51. The smallest absolute Gasteiger partial charge is 0.212 e. The van der Waals surface area contributed by atoms with E-state index < -0.39 is 5.95 Å². The van der Waals surface area contributed by atoms with Crippen molar-refractivity contribution in [2.75, 3.05) is 0 Å². The van der Waals surface area contributed by atoms with Crippen molar-refractivity contribution >= 4 is 0 Å². The van der Waals surface area contributed by atoms with Gasteiger partial charge in [-0.15, -0.1) is 0 Å². The summed E-state index contributed by atoms with van der Waals surface area (Å²) in [6.45, 7) is 0. The van der Waals surface area contributed by atoms with Crippen LogP contribution in [0.3, 0.4) is 0 Å². The lowest BCUT2D eigenvalue weighted by molar-refractivity contribution is 0.584. The summed E-state index contributed by atoms with van der Waals surface area (Å²) >= 11 is 0. The summed E-state index contributed by atoms with van der Waals surface area (Å²) in [5.41, 5.74) is 1.90. The fraction of sp³-hybridized carbons (Fsp3) is 0. The average molecular weight is 172 g/mol. The van der Waals surface area contributed by atoms with Crippen molar-refractivity contribution in [3.8, 4) is 11.1 Å². The van der Waals surface area contributed by atoms with E-state index in [9.17, 15) is 4.39 Å². The van der Waals surface area contributed by atoms with Gasteiger partial charge in [-0.3, -0.25) is 0 Å². The molecule has 0 atom stereocenters. The summed E-state index contributed by atoms with van der Waals surface area (Å²) in [7, 11) is 0. The van der Waals surface area contributed by atoms with Gasteiger partial charge >= 0.3 is 0 Å². The van der Waals surface area contributed by atoms with Crippen molar-refractivity contribution < 1.29 is 4.39 Å². The van der Waals surface area contributed by atoms with E-state index in [0.29, 0.717) is 0 Å². The molecular formula is C11H7FN. The van der Waals surface area contributed by atoms with Gasteiger partial charge in [0.05, 0.1) is 0 Å².